The average molecular weight is 253 g/mol. The summed E-state index contributed by atoms with van der Waals surface area (Å²) >= 11 is 0. The molecule has 0 saturated heterocycles. The van der Waals surface area contributed by atoms with Crippen LogP contribution in [0.3, 0.4) is 0 Å². The summed E-state index contributed by atoms with van der Waals surface area (Å²) in [6.07, 6.45) is 0.131. The van der Waals surface area contributed by atoms with Crippen LogP contribution in [0, 0.1) is 23.0 Å². The second-order valence-corrected chi connectivity index (χ2v) is 3.89. The zero-order chi connectivity index (χ0) is 13.7. The van der Waals surface area contributed by atoms with E-state index in [4.69, 9.17) is 5.26 Å². The molecular formula is C12H13F2N3O. The van der Waals surface area contributed by atoms with Crippen LogP contribution in [0.2, 0.25) is 0 Å². The van der Waals surface area contributed by atoms with E-state index in [0.717, 1.165) is 12.1 Å². The molecule has 0 aliphatic carbocycles. The van der Waals surface area contributed by atoms with Crippen LogP contribution in [-0.4, -0.2) is 31.4 Å². The molecule has 96 valence electrons. The molecule has 6 heteroatoms. The van der Waals surface area contributed by atoms with Gasteiger partial charge >= 0.3 is 0 Å². The Kier molecular flexibility index (Phi) is 4.60. The van der Waals surface area contributed by atoms with E-state index in [9.17, 15) is 13.6 Å². The molecular weight excluding hydrogens is 240 g/mol. The van der Waals surface area contributed by atoms with E-state index < -0.39 is 11.6 Å². The molecule has 4 nitrogen and oxygen atoms in total. The van der Waals surface area contributed by atoms with Crippen molar-refractivity contribution < 1.29 is 13.6 Å². The molecule has 1 N–H and O–H groups in total. The Hall–Kier alpha value is -2.16. The van der Waals surface area contributed by atoms with Crippen molar-refractivity contribution in [1.82, 2.24) is 4.90 Å². The molecule has 0 aromatic heterocycles. The van der Waals surface area contributed by atoms with Gasteiger partial charge in [-0.2, -0.15) is 5.26 Å². The van der Waals surface area contributed by atoms with Gasteiger partial charge in [-0.15, -0.1) is 0 Å². The van der Waals surface area contributed by atoms with E-state index in [1.54, 1.807) is 20.2 Å². The fraction of sp³-hybridized carbons (Fsp3) is 0.333. The van der Waals surface area contributed by atoms with Crippen LogP contribution in [0.15, 0.2) is 12.1 Å². The summed E-state index contributed by atoms with van der Waals surface area (Å²) < 4.78 is 26.9. The number of rotatable bonds is 4. The molecule has 1 aromatic carbocycles. The topological polar surface area (TPSA) is 56.1 Å². The van der Waals surface area contributed by atoms with Gasteiger partial charge in [0.2, 0.25) is 5.91 Å². The second-order valence-electron chi connectivity index (χ2n) is 3.89. The molecule has 0 saturated carbocycles. The van der Waals surface area contributed by atoms with Crippen LogP contribution in [-0.2, 0) is 4.79 Å². The fourth-order valence-corrected chi connectivity index (χ4v) is 1.32. The standard InChI is InChI=1S/C12H13F2N3O/c1-17(2)11(18)3-4-16-12-9(13)5-8(7-15)6-10(12)14/h5-6,16H,3-4H2,1-2H3. The Morgan fingerprint density at radius 3 is 2.39 bits per heavy atom. The minimum atomic E-state index is -0.844. The Morgan fingerprint density at radius 2 is 1.94 bits per heavy atom. The summed E-state index contributed by atoms with van der Waals surface area (Å²) in [6, 6.07) is 3.54. The highest BCUT2D eigenvalue weighted by Gasteiger charge is 2.11. The number of nitriles is 1. The lowest BCUT2D eigenvalue weighted by molar-refractivity contribution is -0.128. The van der Waals surface area contributed by atoms with Gasteiger partial charge in [-0.3, -0.25) is 4.79 Å². The van der Waals surface area contributed by atoms with Crippen molar-refractivity contribution in [2.75, 3.05) is 26.0 Å². The van der Waals surface area contributed by atoms with E-state index in [1.165, 1.54) is 4.90 Å². The molecule has 1 rings (SSSR count). The number of nitrogens with zero attached hydrogens (tertiary/aromatic N) is 2. The largest absolute Gasteiger partial charge is 0.380 e. The molecule has 18 heavy (non-hydrogen) atoms. The molecule has 0 aliphatic heterocycles. The summed E-state index contributed by atoms with van der Waals surface area (Å²) in [7, 11) is 3.20. The minimum Gasteiger partial charge on any atom is -0.380 e. The summed E-state index contributed by atoms with van der Waals surface area (Å²) in [6.45, 7) is 0.122. The Balaban J connectivity index is 2.69. The van der Waals surface area contributed by atoms with Gasteiger partial charge in [0.05, 0.1) is 11.6 Å². The van der Waals surface area contributed by atoms with Gasteiger partial charge in [0.25, 0.3) is 0 Å². The number of carbonyl (C=O) groups excluding carboxylic acids is 1. The van der Waals surface area contributed by atoms with Crippen LogP contribution in [0.5, 0.6) is 0 Å². The third-order valence-electron chi connectivity index (χ3n) is 2.31. The Morgan fingerprint density at radius 1 is 1.39 bits per heavy atom. The predicted molar refractivity (Wildman–Crippen MR) is 62.9 cm³/mol. The van der Waals surface area contributed by atoms with E-state index >= 15 is 0 Å². The number of amides is 1. The number of hydrogen-bond acceptors (Lipinski definition) is 3. The summed E-state index contributed by atoms with van der Waals surface area (Å²) in [4.78, 5) is 12.7. The van der Waals surface area contributed by atoms with Crippen molar-refractivity contribution in [3.8, 4) is 6.07 Å². The van der Waals surface area contributed by atoms with Crippen molar-refractivity contribution in [2.24, 2.45) is 0 Å². The molecule has 0 fully saturated rings. The highest BCUT2D eigenvalue weighted by atomic mass is 19.1. The SMILES string of the molecule is CN(C)C(=O)CCNc1c(F)cc(C#N)cc1F. The first-order valence-electron chi connectivity index (χ1n) is 5.29. The summed E-state index contributed by atoms with van der Waals surface area (Å²) in [5, 5.41) is 11.0. The lowest BCUT2D eigenvalue weighted by atomic mass is 10.2. The van der Waals surface area contributed by atoms with Gasteiger partial charge in [-0.05, 0) is 12.1 Å². The second kappa shape index (κ2) is 5.96. The molecule has 0 spiro atoms. The number of hydrogen-bond donors (Lipinski definition) is 1. The normalized spacial score (nSPS) is 9.72. The molecule has 0 atom stereocenters. The van der Waals surface area contributed by atoms with Crippen molar-refractivity contribution in [3.05, 3.63) is 29.3 Å². The zero-order valence-electron chi connectivity index (χ0n) is 10.1. The molecule has 1 amide bonds. The maximum absolute atomic E-state index is 13.4. The van der Waals surface area contributed by atoms with Crippen molar-refractivity contribution in [3.63, 3.8) is 0 Å². The minimum absolute atomic E-state index is 0.0834. The summed E-state index contributed by atoms with van der Waals surface area (Å²) in [5.74, 6) is -1.83. The third kappa shape index (κ3) is 3.42. The molecule has 0 aliphatic rings. The van der Waals surface area contributed by atoms with Crippen LogP contribution in [0.25, 0.3) is 0 Å². The Labute approximate surface area is 104 Å². The summed E-state index contributed by atoms with van der Waals surface area (Å²) in [5.41, 5.74) is -0.402. The van der Waals surface area contributed by atoms with Gasteiger partial charge in [-0.1, -0.05) is 0 Å². The molecule has 0 unspecified atom stereocenters. The van der Waals surface area contributed by atoms with Crippen molar-refractivity contribution in [2.45, 2.75) is 6.42 Å². The highest BCUT2D eigenvalue weighted by Crippen LogP contribution is 2.20. The third-order valence-corrected chi connectivity index (χ3v) is 2.31. The monoisotopic (exact) mass is 253 g/mol. The Bertz CT molecular complexity index is 472. The van der Waals surface area contributed by atoms with Crippen molar-refractivity contribution >= 4 is 11.6 Å². The maximum Gasteiger partial charge on any atom is 0.223 e. The van der Waals surface area contributed by atoms with Gasteiger partial charge in [0, 0.05) is 27.1 Å². The van der Waals surface area contributed by atoms with E-state index in [1.807, 2.05) is 0 Å². The van der Waals surface area contributed by atoms with Crippen molar-refractivity contribution in [1.29, 1.82) is 5.26 Å². The van der Waals surface area contributed by atoms with Gasteiger partial charge in [0.15, 0.2) is 11.6 Å². The highest BCUT2D eigenvalue weighted by molar-refractivity contribution is 5.76. The molecule has 1 aromatic rings. The van der Waals surface area contributed by atoms with Gasteiger partial charge in [-0.25, -0.2) is 8.78 Å². The average Bonchev–Trinajstić information content (AvgIpc) is 2.31. The first-order valence-corrected chi connectivity index (χ1v) is 5.29. The van der Waals surface area contributed by atoms with E-state index in [-0.39, 0.29) is 30.1 Å². The van der Waals surface area contributed by atoms with Gasteiger partial charge in [0.1, 0.15) is 5.69 Å². The fourth-order valence-electron chi connectivity index (χ4n) is 1.32. The molecule has 0 radical (unpaired) electrons. The lowest BCUT2D eigenvalue weighted by Gasteiger charge is -2.12. The van der Waals surface area contributed by atoms with Gasteiger partial charge < -0.3 is 10.2 Å². The molecule has 0 bridgehead atoms. The number of nitrogens with one attached hydrogen (secondary N) is 1. The number of carbonyl (C=O) groups is 1. The lowest BCUT2D eigenvalue weighted by Crippen LogP contribution is -2.24. The number of anilines is 1. The van der Waals surface area contributed by atoms with E-state index in [0.29, 0.717) is 0 Å². The van der Waals surface area contributed by atoms with Crippen LogP contribution >= 0.6 is 0 Å². The first kappa shape index (κ1) is 13.9. The number of benzene rings is 1. The van der Waals surface area contributed by atoms with Crippen LogP contribution < -0.4 is 5.32 Å². The molecule has 0 heterocycles. The van der Waals surface area contributed by atoms with Crippen LogP contribution in [0.4, 0.5) is 14.5 Å². The quantitative estimate of drug-likeness (QED) is 0.889. The van der Waals surface area contributed by atoms with E-state index in [2.05, 4.69) is 5.32 Å². The maximum atomic E-state index is 13.4. The van der Waals surface area contributed by atoms with Crippen LogP contribution in [0.1, 0.15) is 12.0 Å². The predicted octanol–water partition coefficient (Wildman–Crippen LogP) is 1.73. The first-order chi connectivity index (χ1) is 8.45. The number of halogens is 2. The smallest absolute Gasteiger partial charge is 0.223 e. The zero-order valence-corrected chi connectivity index (χ0v) is 10.1.